The van der Waals surface area contributed by atoms with Crippen molar-refractivity contribution in [3.63, 3.8) is 0 Å². The van der Waals surface area contributed by atoms with Crippen molar-refractivity contribution in [2.24, 2.45) is 5.41 Å². The lowest BCUT2D eigenvalue weighted by Gasteiger charge is -2.32. The van der Waals surface area contributed by atoms with Crippen LogP contribution in [0, 0.1) is 5.41 Å². The maximum absolute atomic E-state index is 4.42. The molecule has 1 aliphatic heterocycles. The summed E-state index contributed by atoms with van der Waals surface area (Å²) in [5, 5.41) is 0. The van der Waals surface area contributed by atoms with Crippen LogP contribution in [0.15, 0.2) is 0 Å². The van der Waals surface area contributed by atoms with E-state index in [1.807, 2.05) is 0 Å². The van der Waals surface area contributed by atoms with Crippen LogP contribution in [-0.2, 0) is 0 Å². The highest BCUT2D eigenvalue weighted by molar-refractivity contribution is 7.80. The number of likely N-dealkylation sites (tertiary alicyclic amines) is 1. The Morgan fingerprint density at radius 3 is 2.00 bits per heavy atom. The van der Waals surface area contributed by atoms with Crippen molar-refractivity contribution in [3.8, 4) is 0 Å². The van der Waals surface area contributed by atoms with E-state index >= 15 is 0 Å². The van der Waals surface area contributed by atoms with Crippen molar-refractivity contribution in [1.29, 1.82) is 0 Å². The Bertz CT molecular complexity index is 148. The van der Waals surface area contributed by atoms with Crippen molar-refractivity contribution >= 4 is 12.6 Å². The standard InChI is InChI=1S/C12H25NS/c1-12(2,11-14)10-13-8-6-4-3-5-7-9-13/h14H,3-11H2,1-2H3. The third-order valence-corrected chi connectivity index (χ3v) is 3.88. The van der Waals surface area contributed by atoms with Gasteiger partial charge in [0.25, 0.3) is 0 Å². The number of thiol groups is 1. The highest BCUT2D eigenvalue weighted by Gasteiger charge is 2.20. The second kappa shape index (κ2) is 6.02. The Kier molecular flexibility index (Phi) is 5.32. The molecule has 1 aliphatic rings. The molecule has 0 aromatic heterocycles. The van der Waals surface area contributed by atoms with Crippen LogP contribution in [0.4, 0.5) is 0 Å². The average molecular weight is 215 g/mol. The van der Waals surface area contributed by atoms with Gasteiger partial charge in [-0.25, -0.2) is 0 Å². The van der Waals surface area contributed by atoms with Crippen LogP contribution >= 0.6 is 12.6 Å². The molecule has 0 aromatic carbocycles. The van der Waals surface area contributed by atoms with Gasteiger partial charge in [-0.1, -0.05) is 33.1 Å². The average Bonchev–Trinajstić information content (AvgIpc) is 2.10. The Morgan fingerprint density at radius 2 is 1.50 bits per heavy atom. The second-order valence-corrected chi connectivity index (χ2v) is 5.68. The quantitative estimate of drug-likeness (QED) is 0.708. The number of nitrogens with zero attached hydrogens (tertiary/aromatic N) is 1. The van der Waals surface area contributed by atoms with Gasteiger partial charge in [0, 0.05) is 6.54 Å². The van der Waals surface area contributed by atoms with E-state index in [-0.39, 0.29) is 0 Å². The van der Waals surface area contributed by atoms with Crippen LogP contribution in [-0.4, -0.2) is 30.3 Å². The Morgan fingerprint density at radius 1 is 1.00 bits per heavy atom. The minimum Gasteiger partial charge on any atom is -0.303 e. The van der Waals surface area contributed by atoms with Crippen molar-refractivity contribution in [1.82, 2.24) is 4.90 Å². The lowest BCUT2D eigenvalue weighted by atomic mass is 9.95. The van der Waals surface area contributed by atoms with E-state index in [0.717, 1.165) is 5.75 Å². The van der Waals surface area contributed by atoms with Crippen molar-refractivity contribution in [2.75, 3.05) is 25.4 Å². The van der Waals surface area contributed by atoms with Gasteiger partial charge in [-0.05, 0) is 37.1 Å². The van der Waals surface area contributed by atoms with Crippen LogP contribution in [0.5, 0.6) is 0 Å². The molecule has 1 fully saturated rings. The molecule has 1 rings (SSSR count). The number of hydrogen-bond acceptors (Lipinski definition) is 2. The van der Waals surface area contributed by atoms with Crippen LogP contribution in [0.2, 0.25) is 0 Å². The first-order valence-electron chi connectivity index (χ1n) is 5.97. The van der Waals surface area contributed by atoms with Crippen LogP contribution in [0.25, 0.3) is 0 Å². The normalized spacial score (nSPS) is 21.6. The first-order chi connectivity index (χ1) is 6.64. The summed E-state index contributed by atoms with van der Waals surface area (Å²) in [4.78, 5) is 2.63. The minimum absolute atomic E-state index is 0.377. The Balaban J connectivity index is 2.33. The van der Waals surface area contributed by atoms with Crippen LogP contribution in [0.1, 0.15) is 46.0 Å². The summed E-state index contributed by atoms with van der Waals surface area (Å²) >= 11 is 4.42. The predicted molar refractivity (Wildman–Crippen MR) is 67.2 cm³/mol. The zero-order valence-corrected chi connectivity index (χ0v) is 10.7. The van der Waals surface area contributed by atoms with E-state index in [1.165, 1.54) is 51.7 Å². The molecule has 0 amide bonds. The number of rotatable bonds is 3. The summed E-state index contributed by atoms with van der Waals surface area (Å²) in [6.07, 6.45) is 7.09. The molecule has 2 heteroatoms. The maximum Gasteiger partial charge on any atom is 0.00405 e. The van der Waals surface area contributed by atoms with Crippen molar-refractivity contribution in [2.45, 2.75) is 46.0 Å². The van der Waals surface area contributed by atoms with Gasteiger partial charge in [0.2, 0.25) is 0 Å². The topological polar surface area (TPSA) is 3.24 Å². The third-order valence-electron chi connectivity index (χ3n) is 3.03. The molecule has 1 nitrogen and oxygen atoms in total. The van der Waals surface area contributed by atoms with Gasteiger partial charge in [0.1, 0.15) is 0 Å². The first-order valence-corrected chi connectivity index (χ1v) is 6.60. The largest absolute Gasteiger partial charge is 0.303 e. The van der Waals surface area contributed by atoms with Gasteiger partial charge in [-0.2, -0.15) is 12.6 Å². The summed E-state index contributed by atoms with van der Waals surface area (Å²) in [5.41, 5.74) is 0.377. The van der Waals surface area contributed by atoms with Gasteiger partial charge in [0.15, 0.2) is 0 Å². The Hall–Kier alpha value is 0.310. The second-order valence-electron chi connectivity index (χ2n) is 5.37. The van der Waals surface area contributed by atoms with E-state index in [4.69, 9.17) is 0 Å². The molecule has 0 radical (unpaired) electrons. The third kappa shape index (κ3) is 4.70. The summed E-state index contributed by atoms with van der Waals surface area (Å²) in [5.74, 6) is 0.990. The fourth-order valence-electron chi connectivity index (χ4n) is 2.13. The first kappa shape index (κ1) is 12.4. The van der Waals surface area contributed by atoms with Gasteiger partial charge >= 0.3 is 0 Å². The zero-order chi connectivity index (χ0) is 10.4. The van der Waals surface area contributed by atoms with Crippen molar-refractivity contribution < 1.29 is 0 Å². The molecule has 0 saturated carbocycles. The molecular formula is C12H25NS. The minimum atomic E-state index is 0.377. The molecule has 14 heavy (non-hydrogen) atoms. The molecular weight excluding hydrogens is 190 g/mol. The summed E-state index contributed by atoms with van der Waals surface area (Å²) < 4.78 is 0. The van der Waals surface area contributed by atoms with E-state index < -0.39 is 0 Å². The molecule has 84 valence electrons. The molecule has 0 aromatic rings. The molecule has 0 N–H and O–H groups in total. The lowest BCUT2D eigenvalue weighted by molar-refractivity contribution is 0.180. The number of hydrogen-bond donors (Lipinski definition) is 1. The summed E-state index contributed by atoms with van der Waals surface area (Å²) in [6.45, 7) is 8.46. The van der Waals surface area contributed by atoms with Crippen molar-refractivity contribution in [3.05, 3.63) is 0 Å². The molecule has 0 unspecified atom stereocenters. The predicted octanol–water partition coefficient (Wildman–Crippen LogP) is 3.21. The van der Waals surface area contributed by atoms with E-state index in [1.54, 1.807) is 0 Å². The summed E-state index contributed by atoms with van der Waals surface area (Å²) in [7, 11) is 0. The molecule has 0 spiro atoms. The van der Waals surface area contributed by atoms with Crippen LogP contribution < -0.4 is 0 Å². The fourth-order valence-corrected chi connectivity index (χ4v) is 2.23. The molecule has 0 atom stereocenters. The Labute approximate surface area is 94.7 Å². The molecule has 1 saturated heterocycles. The van der Waals surface area contributed by atoms with Crippen LogP contribution in [0.3, 0.4) is 0 Å². The SMILES string of the molecule is CC(C)(CS)CN1CCCCCCC1. The van der Waals surface area contributed by atoms with Gasteiger partial charge in [-0.15, -0.1) is 0 Å². The maximum atomic E-state index is 4.42. The summed E-state index contributed by atoms with van der Waals surface area (Å²) in [6, 6.07) is 0. The van der Waals surface area contributed by atoms with E-state index in [9.17, 15) is 0 Å². The van der Waals surface area contributed by atoms with Gasteiger partial charge < -0.3 is 4.90 Å². The van der Waals surface area contributed by atoms with E-state index in [2.05, 4.69) is 31.4 Å². The van der Waals surface area contributed by atoms with E-state index in [0.29, 0.717) is 5.41 Å². The smallest absolute Gasteiger partial charge is 0.00405 e. The lowest BCUT2D eigenvalue weighted by Crippen LogP contribution is -2.37. The highest BCUT2D eigenvalue weighted by Crippen LogP contribution is 2.20. The molecule has 1 heterocycles. The van der Waals surface area contributed by atoms with Gasteiger partial charge in [-0.3, -0.25) is 0 Å². The monoisotopic (exact) mass is 215 g/mol. The highest BCUT2D eigenvalue weighted by atomic mass is 32.1. The molecule has 0 aliphatic carbocycles. The molecule has 0 bridgehead atoms. The fraction of sp³-hybridized carbons (Fsp3) is 1.00. The zero-order valence-electron chi connectivity index (χ0n) is 9.76. The van der Waals surface area contributed by atoms with Gasteiger partial charge in [0.05, 0.1) is 0 Å².